The van der Waals surface area contributed by atoms with Crippen molar-refractivity contribution in [1.82, 2.24) is 0 Å². The molecule has 0 aromatic rings. The first kappa shape index (κ1) is 15.7. The molecule has 3 N–H and O–H groups in total. The van der Waals surface area contributed by atoms with Crippen LogP contribution in [0.4, 0.5) is 0 Å². The third-order valence-corrected chi connectivity index (χ3v) is 0.251. The van der Waals surface area contributed by atoms with Gasteiger partial charge in [0.05, 0.1) is 0 Å². The zero-order valence-corrected chi connectivity index (χ0v) is 8.23. The van der Waals surface area contributed by atoms with Crippen LogP contribution in [-0.4, -0.2) is 24.3 Å². The molecule has 0 aliphatic carbocycles. The number of carbonyl (C=O) groups excluding carboxylic acids is 1. The maximum Gasteiger partial charge on any atom is 0.106 e. The molecule has 0 aromatic carbocycles. The zero-order chi connectivity index (χ0) is 4.99. The van der Waals surface area contributed by atoms with Crippen molar-refractivity contribution in [1.29, 1.82) is 5.41 Å². The maximum atomic E-state index is 9.65. The number of carbonyl (C=O) groups is 1. The molecular formula is C3H5N2O2U-. The summed E-state index contributed by atoms with van der Waals surface area (Å²) < 4.78 is 0. The van der Waals surface area contributed by atoms with Crippen LogP contribution in [0.5, 0.6) is 0 Å². The topological polar surface area (TPSA) is 84.8 Å². The molecule has 8 heavy (non-hydrogen) atoms. The van der Waals surface area contributed by atoms with Crippen LogP contribution in [0.2, 0.25) is 0 Å². The Bertz CT molecular complexity index is 83.3. The molecule has 0 saturated heterocycles. The third kappa shape index (κ3) is 9.39. The molecule has 0 aliphatic rings. The van der Waals surface area contributed by atoms with Crippen molar-refractivity contribution in [2.24, 2.45) is 4.99 Å². The normalized spacial score (nSPS) is 5.00. The van der Waals surface area contributed by atoms with Crippen LogP contribution in [0, 0.1) is 36.5 Å². The predicted octanol–water partition coefficient (Wildman–Crippen LogP) is -1.08. The van der Waals surface area contributed by atoms with E-state index < -0.39 is 5.91 Å². The minimum atomic E-state index is -0.727. The van der Waals surface area contributed by atoms with Crippen molar-refractivity contribution < 1.29 is 41.4 Å². The number of hydrogen-bond acceptors (Lipinski definition) is 2. The molecule has 0 atom stereocenters. The second kappa shape index (κ2) is 10.1. The Morgan fingerprint density at radius 1 is 1.75 bits per heavy atom. The van der Waals surface area contributed by atoms with Crippen LogP contribution in [0.25, 0.3) is 0 Å². The van der Waals surface area contributed by atoms with Gasteiger partial charge in [0, 0.05) is 31.1 Å². The van der Waals surface area contributed by atoms with Crippen LogP contribution in [0.15, 0.2) is 4.99 Å². The van der Waals surface area contributed by atoms with Crippen LogP contribution in [0.3, 0.4) is 0 Å². The molecule has 0 heterocycles. The summed E-state index contributed by atoms with van der Waals surface area (Å²) in [6.07, 6.45) is 1.50. The monoisotopic (exact) mass is 339 g/mol. The van der Waals surface area contributed by atoms with E-state index in [1.165, 1.54) is 6.21 Å². The van der Waals surface area contributed by atoms with Gasteiger partial charge in [-0.25, -0.2) is 0 Å². The Hall–Kier alpha value is 0.0219. The molecule has 0 unspecified atom stereocenters. The SMILES string of the molecule is C=NC(=O)[C-]=N.O.[U]. The Labute approximate surface area is 70.6 Å². The number of hydrogen-bond donors (Lipinski definition) is 1. The quantitative estimate of drug-likeness (QED) is 0.478. The smallest absolute Gasteiger partial charge is 0.106 e. The predicted molar refractivity (Wildman–Crippen MR) is 25.9 cm³/mol. The Morgan fingerprint density at radius 3 is 2.12 bits per heavy atom. The number of amides is 1. The Morgan fingerprint density at radius 2 is 2.12 bits per heavy atom. The van der Waals surface area contributed by atoms with Gasteiger partial charge in [-0.05, 0) is 6.72 Å². The summed E-state index contributed by atoms with van der Waals surface area (Å²) in [5.74, 6) is -0.727. The van der Waals surface area contributed by atoms with Crippen molar-refractivity contribution in [3.8, 4) is 0 Å². The fraction of sp³-hybridized carbons (Fsp3) is 0. The third-order valence-electron chi connectivity index (χ3n) is 0.251. The maximum absolute atomic E-state index is 9.65. The molecule has 1 amide bonds. The first-order valence-electron chi connectivity index (χ1n) is 1.24. The van der Waals surface area contributed by atoms with E-state index >= 15 is 0 Å². The van der Waals surface area contributed by atoms with Crippen LogP contribution >= 0.6 is 0 Å². The summed E-state index contributed by atoms with van der Waals surface area (Å²) in [4.78, 5) is 12.5. The van der Waals surface area contributed by atoms with E-state index in [4.69, 9.17) is 5.41 Å². The first-order chi connectivity index (χ1) is 2.81. The fourth-order valence-electron chi connectivity index (χ4n) is 0.0395. The van der Waals surface area contributed by atoms with Gasteiger partial charge in [-0.2, -0.15) is 0 Å². The summed E-state index contributed by atoms with van der Waals surface area (Å²) in [5.41, 5.74) is 0. The fourth-order valence-corrected chi connectivity index (χ4v) is 0.0395. The van der Waals surface area contributed by atoms with Gasteiger partial charge in [-0.1, -0.05) is 0 Å². The molecule has 0 aliphatic heterocycles. The second-order valence-electron chi connectivity index (χ2n) is 0.588. The van der Waals surface area contributed by atoms with Gasteiger partial charge in [0.15, 0.2) is 0 Å². The minimum absolute atomic E-state index is 0. The molecule has 0 bridgehead atoms. The van der Waals surface area contributed by atoms with E-state index in [9.17, 15) is 4.79 Å². The summed E-state index contributed by atoms with van der Waals surface area (Å²) in [6, 6.07) is 0. The second-order valence-corrected chi connectivity index (χ2v) is 0.588. The van der Waals surface area contributed by atoms with Crippen LogP contribution in [-0.2, 0) is 4.79 Å². The van der Waals surface area contributed by atoms with E-state index in [2.05, 4.69) is 11.7 Å². The van der Waals surface area contributed by atoms with E-state index in [-0.39, 0.29) is 36.6 Å². The number of rotatable bonds is 1. The summed E-state index contributed by atoms with van der Waals surface area (Å²) >= 11 is 0. The molecule has 0 spiro atoms. The molecule has 0 radical (unpaired) electrons. The average molecular weight is 339 g/mol. The van der Waals surface area contributed by atoms with E-state index in [1.807, 2.05) is 0 Å². The zero-order valence-electron chi connectivity index (χ0n) is 4.06. The van der Waals surface area contributed by atoms with Gasteiger partial charge < -0.3 is 21.9 Å². The molecule has 44 valence electrons. The van der Waals surface area contributed by atoms with Gasteiger partial charge in [-0.3, -0.25) is 4.99 Å². The van der Waals surface area contributed by atoms with Crippen molar-refractivity contribution in [3.05, 3.63) is 0 Å². The molecule has 0 aromatic heterocycles. The average Bonchev–Trinajstić information content (AvgIpc) is 1.65. The largest absolute Gasteiger partial charge is 0.510 e. The van der Waals surface area contributed by atoms with E-state index in [0.717, 1.165) is 0 Å². The van der Waals surface area contributed by atoms with Crippen molar-refractivity contribution in [2.75, 3.05) is 0 Å². The standard InChI is InChI=1S/C3H3N2O.H2O.U/c1-5-3(6)2-4;;/h4H,1H2;1H2;/q-1;;. The van der Waals surface area contributed by atoms with Crippen molar-refractivity contribution in [2.45, 2.75) is 0 Å². The summed E-state index contributed by atoms with van der Waals surface area (Å²) in [5, 5.41) is 6.08. The van der Waals surface area contributed by atoms with Crippen molar-refractivity contribution >= 4 is 18.8 Å². The summed E-state index contributed by atoms with van der Waals surface area (Å²) in [6.45, 7) is 2.85. The van der Waals surface area contributed by atoms with Gasteiger partial charge >= 0.3 is 0 Å². The van der Waals surface area contributed by atoms with Gasteiger partial charge in [0.2, 0.25) is 0 Å². The number of aliphatic imine (C=N–C) groups is 1. The molecular weight excluding hydrogens is 334 g/mol. The Kier molecular flexibility index (Phi) is 19.8. The summed E-state index contributed by atoms with van der Waals surface area (Å²) in [7, 11) is 0. The van der Waals surface area contributed by atoms with Crippen LogP contribution in [0.1, 0.15) is 0 Å². The molecule has 0 rings (SSSR count). The molecule has 0 fully saturated rings. The first-order valence-corrected chi connectivity index (χ1v) is 1.24. The molecule has 0 saturated carbocycles. The van der Waals surface area contributed by atoms with Crippen molar-refractivity contribution in [3.63, 3.8) is 0 Å². The van der Waals surface area contributed by atoms with E-state index in [1.54, 1.807) is 0 Å². The molecule has 4 nitrogen and oxygen atoms in total. The van der Waals surface area contributed by atoms with Gasteiger partial charge in [0.1, 0.15) is 5.91 Å². The minimum Gasteiger partial charge on any atom is -0.510 e. The number of nitrogens with one attached hydrogen (secondary N) is 1. The molecule has 5 heteroatoms. The number of nitrogens with zero attached hydrogens (tertiary/aromatic N) is 1. The van der Waals surface area contributed by atoms with Gasteiger partial charge in [-0.15, -0.1) is 0 Å². The van der Waals surface area contributed by atoms with Crippen LogP contribution < -0.4 is 0 Å². The van der Waals surface area contributed by atoms with Gasteiger partial charge in [0.25, 0.3) is 0 Å². The van der Waals surface area contributed by atoms with E-state index in [0.29, 0.717) is 0 Å². The Balaban J connectivity index is -0.000000125.